The first kappa shape index (κ1) is 17.2. The first-order valence-electron chi connectivity index (χ1n) is 7.90. The lowest BCUT2D eigenvalue weighted by Crippen LogP contribution is -2.41. The predicted octanol–water partition coefficient (Wildman–Crippen LogP) is 0.254. The topological polar surface area (TPSA) is 88.2 Å². The molecule has 24 heavy (non-hydrogen) atoms. The predicted molar refractivity (Wildman–Crippen MR) is 87.6 cm³/mol. The van der Waals surface area contributed by atoms with Crippen molar-refractivity contribution in [1.29, 1.82) is 0 Å². The Morgan fingerprint density at radius 1 is 1.04 bits per heavy atom. The van der Waals surface area contributed by atoms with Gasteiger partial charge in [-0.15, -0.1) is 0 Å². The molecule has 8 nitrogen and oxygen atoms in total. The van der Waals surface area contributed by atoms with Gasteiger partial charge >= 0.3 is 6.09 Å². The van der Waals surface area contributed by atoms with E-state index in [0.717, 1.165) is 13.1 Å². The number of sulfonamides is 1. The first-order valence-corrected chi connectivity index (χ1v) is 9.39. The number of carbonyl (C=O) groups is 1. The van der Waals surface area contributed by atoms with Crippen LogP contribution in [0.1, 0.15) is 0 Å². The molecular weight excluding hydrogens is 334 g/mol. The van der Waals surface area contributed by atoms with Gasteiger partial charge in [-0.2, -0.15) is 0 Å². The van der Waals surface area contributed by atoms with Crippen LogP contribution in [0.3, 0.4) is 0 Å². The van der Waals surface area contributed by atoms with Crippen LogP contribution in [-0.4, -0.2) is 72.0 Å². The maximum Gasteiger partial charge on any atom is 0.414 e. The largest absolute Gasteiger partial charge is 0.447 e. The molecule has 1 N–H and O–H groups in total. The van der Waals surface area contributed by atoms with Gasteiger partial charge in [0, 0.05) is 31.9 Å². The molecule has 0 atom stereocenters. The van der Waals surface area contributed by atoms with E-state index in [-0.39, 0.29) is 4.90 Å². The molecule has 2 aliphatic rings. The second-order valence-corrected chi connectivity index (χ2v) is 7.38. The fraction of sp³-hybridized carbons (Fsp3) is 0.533. The molecule has 132 valence electrons. The first-order chi connectivity index (χ1) is 11.6. The minimum absolute atomic E-state index is 0.181. The maximum atomic E-state index is 12.3. The second-order valence-electron chi connectivity index (χ2n) is 5.61. The van der Waals surface area contributed by atoms with Crippen molar-refractivity contribution >= 4 is 21.8 Å². The van der Waals surface area contributed by atoms with E-state index < -0.39 is 16.1 Å². The number of cyclic esters (lactones) is 1. The molecule has 0 saturated carbocycles. The minimum Gasteiger partial charge on any atom is -0.447 e. The Labute approximate surface area is 141 Å². The number of ether oxygens (including phenoxy) is 2. The van der Waals surface area contributed by atoms with E-state index in [1.807, 2.05) is 0 Å². The summed E-state index contributed by atoms with van der Waals surface area (Å²) in [5.41, 5.74) is 0.629. The highest BCUT2D eigenvalue weighted by molar-refractivity contribution is 7.89. The summed E-state index contributed by atoms with van der Waals surface area (Å²) in [6, 6.07) is 6.22. The fourth-order valence-electron chi connectivity index (χ4n) is 2.68. The standard InChI is InChI=1S/C15H21N3O5S/c19-15-18(9-12-23-15)13-1-3-14(4-2-13)24(20,21)16-5-6-17-7-10-22-11-8-17/h1-4,16H,5-12H2. The third kappa shape index (κ3) is 4.04. The zero-order valence-electron chi connectivity index (χ0n) is 13.3. The van der Waals surface area contributed by atoms with E-state index in [1.54, 1.807) is 12.1 Å². The Morgan fingerprint density at radius 2 is 1.75 bits per heavy atom. The van der Waals surface area contributed by atoms with Gasteiger partial charge in [-0.05, 0) is 24.3 Å². The summed E-state index contributed by atoms with van der Waals surface area (Å²) in [4.78, 5) is 15.3. The third-order valence-corrected chi connectivity index (χ3v) is 5.52. The van der Waals surface area contributed by atoms with E-state index in [0.29, 0.717) is 45.1 Å². The molecule has 2 fully saturated rings. The highest BCUT2D eigenvalue weighted by Gasteiger charge is 2.24. The molecule has 2 aliphatic heterocycles. The Bertz CT molecular complexity index is 671. The van der Waals surface area contributed by atoms with Crippen LogP contribution in [0.5, 0.6) is 0 Å². The molecule has 0 unspecified atom stereocenters. The number of morpholine rings is 1. The molecule has 1 aromatic rings. The van der Waals surface area contributed by atoms with E-state index >= 15 is 0 Å². The van der Waals surface area contributed by atoms with Crippen LogP contribution in [0, 0.1) is 0 Å². The zero-order chi connectivity index (χ0) is 17.0. The van der Waals surface area contributed by atoms with Crippen molar-refractivity contribution in [2.24, 2.45) is 0 Å². The number of nitrogens with zero attached hydrogens (tertiary/aromatic N) is 2. The van der Waals surface area contributed by atoms with Gasteiger partial charge in [0.1, 0.15) is 6.61 Å². The second kappa shape index (κ2) is 7.47. The minimum atomic E-state index is -3.56. The highest BCUT2D eigenvalue weighted by atomic mass is 32.2. The summed E-state index contributed by atoms with van der Waals surface area (Å²) < 4.78 is 37.4. The summed E-state index contributed by atoms with van der Waals surface area (Å²) >= 11 is 0. The quantitative estimate of drug-likeness (QED) is 0.787. The van der Waals surface area contributed by atoms with Gasteiger partial charge in [0.2, 0.25) is 10.0 Å². The zero-order valence-corrected chi connectivity index (χ0v) is 14.1. The molecule has 9 heteroatoms. The molecule has 0 radical (unpaired) electrons. The average molecular weight is 355 g/mol. The Balaban J connectivity index is 1.56. The number of hydrogen-bond acceptors (Lipinski definition) is 6. The fourth-order valence-corrected chi connectivity index (χ4v) is 3.70. The number of hydrogen-bond donors (Lipinski definition) is 1. The van der Waals surface area contributed by atoms with Crippen LogP contribution in [0.4, 0.5) is 10.5 Å². The van der Waals surface area contributed by atoms with E-state index in [2.05, 4.69) is 9.62 Å². The summed E-state index contributed by atoms with van der Waals surface area (Å²) in [5.74, 6) is 0. The van der Waals surface area contributed by atoms with Gasteiger partial charge in [-0.25, -0.2) is 17.9 Å². The van der Waals surface area contributed by atoms with Crippen LogP contribution in [0.25, 0.3) is 0 Å². The monoisotopic (exact) mass is 355 g/mol. The summed E-state index contributed by atoms with van der Waals surface area (Å²) in [7, 11) is -3.56. The van der Waals surface area contributed by atoms with Gasteiger partial charge in [0.05, 0.1) is 24.7 Å². The number of anilines is 1. The Kier molecular flexibility index (Phi) is 5.34. The van der Waals surface area contributed by atoms with E-state index in [9.17, 15) is 13.2 Å². The molecular formula is C15H21N3O5S. The summed E-state index contributed by atoms with van der Waals surface area (Å²) in [6.45, 7) is 4.85. The van der Waals surface area contributed by atoms with Crippen molar-refractivity contribution in [2.75, 3.05) is 57.4 Å². The molecule has 0 aliphatic carbocycles. The van der Waals surface area contributed by atoms with Gasteiger partial charge < -0.3 is 9.47 Å². The van der Waals surface area contributed by atoms with E-state index in [4.69, 9.17) is 9.47 Å². The van der Waals surface area contributed by atoms with Crippen LogP contribution >= 0.6 is 0 Å². The van der Waals surface area contributed by atoms with Crippen LogP contribution in [0.2, 0.25) is 0 Å². The van der Waals surface area contributed by atoms with E-state index in [1.165, 1.54) is 17.0 Å². The van der Waals surface area contributed by atoms with Crippen molar-refractivity contribution < 1.29 is 22.7 Å². The summed E-state index contributed by atoms with van der Waals surface area (Å²) in [6.07, 6.45) is -0.408. The lowest BCUT2D eigenvalue weighted by molar-refractivity contribution is 0.0390. The molecule has 1 aromatic carbocycles. The number of benzene rings is 1. The van der Waals surface area contributed by atoms with Crippen molar-refractivity contribution in [3.8, 4) is 0 Å². The molecule has 0 bridgehead atoms. The molecule has 2 heterocycles. The number of carbonyl (C=O) groups excluding carboxylic acids is 1. The van der Waals surface area contributed by atoms with Crippen molar-refractivity contribution in [3.05, 3.63) is 24.3 Å². The SMILES string of the molecule is O=C1OCCN1c1ccc(S(=O)(=O)NCCN2CCOCC2)cc1. The van der Waals surface area contributed by atoms with Crippen molar-refractivity contribution in [2.45, 2.75) is 4.90 Å². The van der Waals surface area contributed by atoms with Crippen LogP contribution in [-0.2, 0) is 19.5 Å². The molecule has 0 spiro atoms. The Morgan fingerprint density at radius 3 is 2.38 bits per heavy atom. The molecule has 0 aromatic heterocycles. The molecule has 1 amide bonds. The highest BCUT2D eigenvalue weighted by Crippen LogP contribution is 2.20. The maximum absolute atomic E-state index is 12.3. The van der Waals surface area contributed by atoms with Crippen molar-refractivity contribution in [3.63, 3.8) is 0 Å². The van der Waals surface area contributed by atoms with Gasteiger partial charge in [-0.1, -0.05) is 0 Å². The lowest BCUT2D eigenvalue weighted by Gasteiger charge is -2.26. The van der Waals surface area contributed by atoms with Crippen LogP contribution in [0.15, 0.2) is 29.2 Å². The van der Waals surface area contributed by atoms with Crippen LogP contribution < -0.4 is 9.62 Å². The third-order valence-electron chi connectivity index (χ3n) is 4.04. The normalized spacial score (nSPS) is 19.5. The average Bonchev–Trinajstić information content (AvgIpc) is 3.02. The lowest BCUT2D eigenvalue weighted by atomic mass is 10.3. The number of amides is 1. The number of nitrogens with one attached hydrogen (secondary N) is 1. The molecule has 3 rings (SSSR count). The van der Waals surface area contributed by atoms with Crippen molar-refractivity contribution in [1.82, 2.24) is 9.62 Å². The van der Waals surface area contributed by atoms with Gasteiger partial charge in [0.25, 0.3) is 0 Å². The van der Waals surface area contributed by atoms with Gasteiger partial charge in [-0.3, -0.25) is 9.80 Å². The smallest absolute Gasteiger partial charge is 0.414 e. The molecule has 2 saturated heterocycles. The Hall–Kier alpha value is -1.68. The number of rotatable bonds is 6. The summed E-state index contributed by atoms with van der Waals surface area (Å²) in [5, 5.41) is 0. The van der Waals surface area contributed by atoms with Gasteiger partial charge in [0.15, 0.2) is 0 Å².